The standard InChI is InChI=1S/C43H60N4O6/c1-29-11-6-4-5-7-15-33-25-44-20-19-39(38(50-2)17-18-42(48)46(29)33)52-27-30-12-10-13-31(21-30)28-53-41-24-36-35(23-40(41)51-3)43(49)47-34(26-45-36)22-32-14-8-9-16-37(32)47/h6,8-9,11,13-14,16,29-30,33-36,44-45H,4-5,7,10,12,15,17-28H2,1-3H3/b11-6-,39-38-/t29?,30?,33-,34-,35?,36?/m0/s1. The topological polar surface area (TPSA) is 102 Å². The first-order chi connectivity index (χ1) is 25.9. The second-order valence-electron chi connectivity index (χ2n) is 15.8. The quantitative estimate of drug-likeness (QED) is 0.302. The lowest BCUT2D eigenvalue weighted by molar-refractivity contribution is -0.135. The maximum absolute atomic E-state index is 14.0. The Morgan fingerprint density at radius 3 is 2.57 bits per heavy atom. The van der Waals surface area contributed by atoms with Crippen LogP contribution < -0.4 is 15.5 Å². The van der Waals surface area contributed by atoms with Crippen molar-refractivity contribution in [2.24, 2.45) is 11.8 Å². The number of amides is 2. The molecule has 7 rings (SSSR count). The van der Waals surface area contributed by atoms with Gasteiger partial charge in [-0.1, -0.05) is 42.8 Å². The minimum absolute atomic E-state index is 0.0188. The summed E-state index contributed by atoms with van der Waals surface area (Å²) >= 11 is 0. The molecule has 2 aliphatic carbocycles. The highest BCUT2D eigenvalue weighted by Gasteiger charge is 2.46. The van der Waals surface area contributed by atoms with Crippen LogP contribution in [0.3, 0.4) is 0 Å². The van der Waals surface area contributed by atoms with Crippen LogP contribution in [0, 0.1) is 11.8 Å². The summed E-state index contributed by atoms with van der Waals surface area (Å²) in [5.74, 6) is 3.83. The largest absolute Gasteiger partial charge is 0.498 e. The predicted octanol–water partition coefficient (Wildman–Crippen LogP) is 6.29. The second kappa shape index (κ2) is 17.6. The second-order valence-corrected chi connectivity index (χ2v) is 15.8. The molecule has 4 heterocycles. The van der Waals surface area contributed by atoms with E-state index in [1.807, 2.05) is 11.0 Å². The van der Waals surface area contributed by atoms with Gasteiger partial charge >= 0.3 is 0 Å². The maximum Gasteiger partial charge on any atom is 0.232 e. The van der Waals surface area contributed by atoms with Gasteiger partial charge in [0.1, 0.15) is 29.6 Å². The minimum atomic E-state index is -0.184. The number of allylic oxidation sites excluding steroid dienone is 4. The number of hydrogen-bond acceptors (Lipinski definition) is 8. The Kier molecular flexibility index (Phi) is 12.5. The first-order valence-corrected chi connectivity index (χ1v) is 20.2. The highest BCUT2D eigenvalue weighted by atomic mass is 16.5. The Labute approximate surface area is 316 Å². The minimum Gasteiger partial charge on any atom is -0.498 e. The number of rotatable bonds is 8. The van der Waals surface area contributed by atoms with E-state index in [2.05, 4.69) is 58.9 Å². The summed E-state index contributed by atoms with van der Waals surface area (Å²) in [4.78, 5) is 31.8. The zero-order valence-corrected chi connectivity index (χ0v) is 32.1. The number of benzene rings is 1. The Morgan fingerprint density at radius 1 is 0.830 bits per heavy atom. The Bertz CT molecular complexity index is 1600. The van der Waals surface area contributed by atoms with Gasteiger partial charge in [-0.15, -0.1) is 0 Å². The van der Waals surface area contributed by atoms with Gasteiger partial charge in [0.25, 0.3) is 0 Å². The van der Waals surface area contributed by atoms with Crippen molar-refractivity contribution in [2.75, 3.05) is 52.0 Å². The molecule has 6 aliphatic rings. The molecular weight excluding hydrogens is 668 g/mol. The highest BCUT2D eigenvalue weighted by molar-refractivity contribution is 5.98. The summed E-state index contributed by atoms with van der Waals surface area (Å²) in [6.45, 7) is 5.59. The average Bonchev–Trinajstić information content (AvgIpc) is 3.52. The zero-order chi connectivity index (χ0) is 36.7. The van der Waals surface area contributed by atoms with Gasteiger partial charge in [0.2, 0.25) is 11.8 Å². The summed E-state index contributed by atoms with van der Waals surface area (Å²) in [6, 6.07) is 8.73. The van der Waals surface area contributed by atoms with Crippen molar-refractivity contribution in [3.63, 3.8) is 0 Å². The molecule has 0 saturated carbocycles. The van der Waals surface area contributed by atoms with E-state index in [9.17, 15) is 9.59 Å². The van der Waals surface area contributed by atoms with Crippen molar-refractivity contribution in [3.8, 4) is 0 Å². The van der Waals surface area contributed by atoms with E-state index in [1.54, 1.807) is 14.2 Å². The van der Waals surface area contributed by atoms with Crippen molar-refractivity contribution in [3.05, 3.63) is 76.7 Å². The van der Waals surface area contributed by atoms with Crippen LogP contribution in [0.1, 0.15) is 89.5 Å². The first-order valence-electron chi connectivity index (χ1n) is 20.2. The van der Waals surface area contributed by atoms with Crippen LogP contribution in [0.5, 0.6) is 0 Å². The van der Waals surface area contributed by atoms with E-state index < -0.39 is 0 Å². The zero-order valence-electron chi connectivity index (χ0n) is 32.1. The maximum atomic E-state index is 14.0. The molecule has 10 nitrogen and oxygen atoms in total. The molecule has 10 heteroatoms. The van der Waals surface area contributed by atoms with Gasteiger partial charge in [-0.3, -0.25) is 9.59 Å². The van der Waals surface area contributed by atoms with Gasteiger partial charge in [-0.05, 0) is 75.0 Å². The lowest BCUT2D eigenvalue weighted by Gasteiger charge is -2.35. The number of nitrogens with one attached hydrogen (secondary N) is 2. The summed E-state index contributed by atoms with van der Waals surface area (Å²) in [6.07, 6.45) is 17.9. The van der Waals surface area contributed by atoms with Gasteiger partial charge in [-0.25, -0.2) is 0 Å². The molecule has 2 amide bonds. The molecule has 4 unspecified atom stereocenters. The number of hydrogen-bond donors (Lipinski definition) is 2. The normalized spacial score (nSPS) is 31.9. The molecule has 1 fully saturated rings. The molecule has 1 aromatic carbocycles. The molecule has 0 spiro atoms. The number of fused-ring (bicyclic) bond motifs is 5. The monoisotopic (exact) mass is 728 g/mol. The van der Waals surface area contributed by atoms with Crippen molar-refractivity contribution >= 4 is 17.5 Å². The van der Waals surface area contributed by atoms with Crippen LogP contribution in [-0.4, -0.2) is 87.9 Å². The average molecular weight is 729 g/mol. The predicted molar refractivity (Wildman–Crippen MR) is 206 cm³/mol. The Morgan fingerprint density at radius 2 is 1.70 bits per heavy atom. The van der Waals surface area contributed by atoms with Crippen molar-refractivity contribution in [1.82, 2.24) is 15.5 Å². The van der Waals surface area contributed by atoms with Gasteiger partial charge in [0.15, 0.2) is 0 Å². The van der Waals surface area contributed by atoms with E-state index in [1.165, 1.54) is 17.6 Å². The third kappa shape index (κ3) is 8.64. The third-order valence-electron chi connectivity index (χ3n) is 12.3. The molecule has 1 saturated heterocycles. The van der Waals surface area contributed by atoms with Gasteiger partial charge < -0.3 is 39.4 Å². The van der Waals surface area contributed by atoms with Crippen molar-refractivity contribution < 1.29 is 28.5 Å². The summed E-state index contributed by atoms with van der Waals surface area (Å²) in [5, 5.41) is 7.39. The van der Waals surface area contributed by atoms with E-state index in [4.69, 9.17) is 18.9 Å². The van der Waals surface area contributed by atoms with E-state index >= 15 is 0 Å². The number of methoxy groups -OCH3 is 2. The summed E-state index contributed by atoms with van der Waals surface area (Å²) < 4.78 is 24.9. The lowest BCUT2D eigenvalue weighted by atomic mass is 9.85. The molecule has 288 valence electrons. The SMILES string of the molecule is COC1=C(OCC2=CCCC(CO/C3=C(\OC)CCC(=O)N4C(C)/C=C\CCCC[C@H]4CNCC3)C2)CC2NC[C@@H]3Cc4ccccc4N3C(=O)C2C1. The van der Waals surface area contributed by atoms with Crippen LogP contribution in [0.15, 0.2) is 71.1 Å². The number of anilines is 1. The Hall–Kier alpha value is -3.76. The van der Waals surface area contributed by atoms with Crippen molar-refractivity contribution in [1.29, 1.82) is 0 Å². The molecule has 0 radical (unpaired) electrons. The van der Waals surface area contributed by atoms with E-state index in [0.717, 1.165) is 99.7 Å². The summed E-state index contributed by atoms with van der Waals surface area (Å²) in [5.41, 5.74) is 3.58. The number of nitrogens with zero attached hydrogens (tertiary/aromatic N) is 2. The number of para-hydroxylation sites is 1. The van der Waals surface area contributed by atoms with Crippen LogP contribution in [-0.2, 0) is 35.0 Å². The fourth-order valence-corrected chi connectivity index (χ4v) is 9.45. The number of carbonyl (C=O) groups is 2. The van der Waals surface area contributed by atoms with Crippen LogP contribution in [0.4, 0.5) is 5.69 Å². The molecule has 6 atom stereocenters. The molecule has 0 aromatic heterocycles. The van der Waals surface area contributed by atoms with E-state index in [0.29, 0.717) is 44.8 Å². The fraction of sp³-hybridized carbons (Fsp3) is 0.628. The smallest absolute Gasteiger partial charge is 0.232 e. The molecule has 4 aliphatic heterocycles. The third-order valence-corrected chi connectivity index (χ3v) is 12.3. The van der Waals surface area contributed by atoms with Gasteiger partial charge in [0, 0.05) is 75.6 Å². The number of ether oxygens (including phenoxy) is 4. The molecule has 53 heavy (non-hydrogen) atoms. The molecular formula is C43H60N4O6. The molecule has 2 N–H and O–H groups in total. The summed E-state index contributed by atoms with van der Waals surface area (Å²) in [7, 11) is 3.39. The van der Waals surface area contributed by atoms with Crippen LogP contribution in [0.25, 0.3) is 0 Å². The molecule has 1 aromatic rings. The lowest BCUT2D eigenvalue weighted by Crippen LogP contribution is -2.49. The van der Waals surface area contributed by atoms with Crippen LogP contribution >= 0.6 is 0 Å². The number of carbonyl (C=O) groups excluding carboxylic acids is 2. The van der Waals surface area contributed by atoms with Gasteiger partial charge in [0.05, 0.1) is 32.8 Å². The highest BCUT2D eigenvalue weighted by Crippen LogP contribution is 2.40. The first kappa shape index (κ1) is 37.6. The Balaban J connectivity index is 0.945. The van der Waals surface area contributed by atoms with Crippen molar-refractivity contribution in [2.45, 2.75) is 115 Å². The molecule has 0 bridgehead atoms. The fourth-order valence-electron chi connectivity index (χ4n) is 9.45. The van der Waals surface area contributed by atoms with E-state index in [-0.39, 0.29) is 41.9 Å². The van der Waals surface area contributed by atoms with Gasteiger partial charge in [-0.2, -0.15) is 0 Å². The van der Waals surface area contributed by atoms with Crippen LogP contribution in [0.2, 0.25) is 0 Å².